The largest absolute Gasteiger partial charge is 0.0882 e. The normalized spacial score (nSPS) is 12.4. The van der Waals surface area contributed by atoms with Crippen LogP contribution in [0.15, 0.2) is 36.5 Å². The number of hydrogen-bond donors (Lipinski definition) is 0. The van der Waals surface area contributed by atoms with E-state index in [-0.39, 0.29) is 0 Å². The minimum Gasteiger partial charge on any atom is -0.0882 e. The molecule has 0 saturated carbocycles. The van der Waals surface area contributed by atoms with E-state index in [1.807, 2.05) is 6.92 Å². The van der Waals surface area contributed by atoms with Gasteiger partial charge in [-0.25, -0.2) is 0 Å². The van der Waals surface area contributed by atoms with Crippen molar-refractivity contribution in [2.45, 2.75) is 65.2 Å². The summed E-state index contributed by atoms with van der Waals surface area (Å²) in [6.07, 6.45) is 23.7. The molecule has 0 unspecified atom stereocenters. The average molecular weight is 220 g/mol. The van der Waals surface area contributed by atoms with E-state index in [2.05, 4.69) is 43.4 Å². The predicted molar refractivity (Wildman–Crippen MR) is 75.7 cm³/mol. The van der Waals surface area contributed by atoms with Crippen LogP contribution in [0.3, 0.4) is 0 Å². The second kappa shape index (κ2) is 14.2. The van der Waals surface area contributed by atoms with Gasteiger partial charge in [0.1, 0.15) is 0 Å². The van der Waals surface area contributed by atoms with Crippen LogP contribution in [0, 0.1) is 0 Å². The molecule has 92 valence electrons. The van der Waals surface area contributed by atoms with E-state index in [0.29, 0.717) is 0 Å². The lowest BCUT2D eigenvalue weighted by molar-refractivity contribution is 0.611. The first-order valence-corrected chi connectivity index (χ1v) is 6.84. The van der Waals surface area contributed by atoms with Crippen molar-refractivity contribution in [2.75, 3.05) is 0 Å². The highest BCUT2D eigenvalue weighted by Gasteiger charge is 1.87. The molecule has 0 spiro atoms. The van der Waals surface area contributed by atoms with Crippen LogP contribution in [0.2, 0.25) is 0 Å². The number of unbranched alkanes of at least 4 members (excludes halogenated alkanes) is 6. The number of hydrogen-bond acceptors (Lipinski definition) is 0. The van der Waals surface area contributed by atoms with Crippen molar-refractivity contribution in [2.24, 2.45) is 0 Å². The van der Waals surface area contributed by atoms with Gasteiger partial charge in [-0.1, -0.05) is 75.5 Å². The monoisotopic (exact) mass is 220 g/mol. The van der Waals surface area contributed by atoms with Crippen molar-refractivity contribution in [3.8, 4) is 0 Å². The van der Waals surface area contributed by atoms with Gasteiger partial charge < -0.3 is 0 Å². The molecular weight excluding hydrogens is 192 g/mol. The van der Waals surface area contributed by atoms with Crippen LogP contribution in [-0.4, -0.2) is 0 Å². The second-order valence-corrected chi connectivity index (χ2v) is 4.22. The molecule has 0 aromatic heterocycles. The van der Waals surface area contributed by atoms with Crippen LogP contribution in [0.4, 0.5) is 0 Å². The summed E-state index contributed by atoms with van der Waals surface area (Å²) in [5, 5.41) is 0. The Morgan fingerprint density at radius 3 is 2.25 bits per heavy atom. The van der Waals surface area contributed by atoms with E-state index in [1.165, 1.54) is 44.9 Å². The summed E-state index contributed by atoms with van der Waals surface area (Å²) in [7, 11) is 0. The zero-order valence-electron chi connectivity index (χ0n) is 11.1. The molecule has 0 fully saturated rings. The van der Waals surface area contributed by atoms with E-state index >= 15 is 0 Å². The maximum atomic E-state index is 2.32. The number of allylic oxidation sites excluding steroid dienone is 6. The Bertz CT molecular complexity index is 196. The highest BCUT2D eigenvalue weighted by Crippen LogP contribution is 2.07. The molecular formula is C16H28. The van der Waals surface area contributed by atoms with Crippen LogP contribution in [0.25, 0.3) is 0 Å². The van der Waals surface area contributed by atoms with Gasteiger partial charge in [-0.3, -0.25) is 0 Å². The summed E-state index contributed by atoms with van der Waals surface area (Å²) >= 11 is 0. The molecule has 0 aromatic carbocycles. The second-order valence-electron chi connectivity index (χ2n) is 4.22. The Labute approximate surface area is 102 Å². The van der Waals surface area contributed by atoms with Gasteiger partial charge in [-0.2, -0.15) is 0 Å². The summed E-state index contributed by atoms with van der Waals surface area (Å²) in [5.41, 5.74) is 0. The first kappa shape index (κ1) is 15.2. The minimum absolute atomic E-state index is 1.07. The highest BCUT2D eigenvalue weighted by atomic mass is 13.9. The molecule has 0 nitrogen and oxygen atoms in total. The molecule has 0 radical (unpaired) electrons. The van der Waals surface area contributed by atoms with Crippen LogP contribution < -0.4 is 0 Å². The van der Waals surface area contributed by atoms with Gasteiger partial charge in [0.05, 0.1) is 0 Å². The van der Waals surface area contributed by atoms with Crippen LogP contribution in [-0.2, 0) is 0 Å². The first-order valence-electron chi connectivity index (χ1n) is 6.84. The highest BCUT2D eigenvalue weighted by molar-refractivity contribution is 5.03. The Morgan fingerprint density at radius 1 is 0.750 bits per heavy atom. The zero-order valence-corrected chi connectivity index (χ0v) is 11.1. The topological polar surface area (TPSA) is 0 Å². The molecule has 0 aliphatic carbocycles. The summed E-state index contributed by atoms with van der Waals surface area (Å²) in [5.74, 6) is 0. The summed E-state index contributed by atoms with van der Waals surface area (Å²) in [6, 6.07) is 0. The van der Waals surface area contributed by atoms with Crippen LogP contribution in [0.1, 0.15) is 65.2 Å². The fourth-order valence-corrected chi connectivity index (χ4v) is 1.60. The third-order valence-corrected chi connectivity index (χ3v) is 2.60. The Kier molecular flexibility index (Phi) is 13.5. The lowest BCUT2D eigenvalue weighted by Crippen LogP contribution is -1.77. The van der Waals surface area contributed by atoms with Gasteiger partial charge in [-0.15, -0.1) is 0 Å². The van der Waals surface area contributed by atoms with E-state index in [0.717, 1.165) is 6.42 Å². The molecule has 0 amide bonds. The molecule has 0 N–H and O–H groups in total. The predicted octanol–water partition coefficient (Wildman–Crippen LogP) is 5.82. The lowest BCUT2D eigenvalue weighted by atomic mass is 10.1. The minimum atomic E-state index is 1.07. The van der Waals surface area contributed by atoms with Gasteiger partial charge in [0, 0.05) is 0 Å². The maximum Gasteiger partial charge on any atom is -0.0166 e. The van der Waals surface area contributed by atoms with Crippen molar-refractivity contribution < 1.29 is 0 Å². The zero-order chi connectivity index (χ0) is 11.9. The molecule has 0 atom stereocenters. The van der Waals surface area contributed by atoms with E-state index in [1.54, 1.807) is 0 Å². The van der Waals surface area contributed by atoms with Crippen molar-refractivity contribution in [3.05, 3.63) is 36.5 Å². The van der Waals surface area contributed by atoms with E-state index in [9.17, 15) is 0 Å². The molecule has 0 heterocycles. The standard InChI is InChI=1S/C16H28/c1-3-5-7-9-11-13-15-16-14-12-10-8-6-4-2/h3,5,7,9,13,15H,4,6,8,10-12,14,16H2,1-2H3. The Morgan fingerprint density at radius 2 is 1.50 bits per heavy atom. The first-order chi connectivity index (χ1) is 7.91. The smallest absolute Gasteiger partial charge is 0.0166 e. The third kappa shape index (κ3) is 13.2. The molecule has 0 aromatic rings. The Balaban J connectivity index is 3.15. The van der Waals surface area contributed by atoms with E-state index in [4.69, 9.17) is 0 Å². The van der Waals surface area contributed by atoms with Gasteiger partial charge >= 0.3 is 0 Å². The molecule has 0 rings (SSSR count). The van der Waals surface area contributed by atoms with Gasteiger partial charge in [0.2, 0.25) is 0 Å². The SMILES string of the molecule is CC=CC=CCC=CCCCCCCCC. The molecule has 0 saturated heterocycles. The fraction of sp³-hybridized carbons (Fsp3) is 0.625. The van der Waals surface area contributed by atoms with Gasteiger partial charge in [0.15, 0.2) is 0 Å². The lowest BCUT2D eigenvalue weighted by Gasteiger charge is -1.97. The van der Waals surface area contributed by atoms with Crippen molar-refractivity contribution in [3.63, 3.8) is 0 Å². The molecule has 16 heavy (non-hydrogen) atoms. The fourth-order valence-electron chi connectivity index (χ4n) is 1.60. The quantitative estimate of drug-likeness (QED) is 0.247. The molecule has 0 aliphatic rings. The summed E-state index contributed by atoms with van der Waals surface area (Å²) in [4.78, 5) is 0. The van der Waals surface area contributed by atoms with Crippen molar-refractivity contribution in [1.29, 1.82) is 0 Å². The molecule has 0 aliphatic heterocycles. The number of rotatable bonds is 10. The van der Waals surface area contributed by atoms with E-state index < -0.39 is 0 Å². The Hall–Kier alpha value is -0.780. The molecule has 0 bridgehead atoms. The molecule has 0 heteroatoms. The van der Waals surface area contributed by atoms with Crippen molar-refractivity contribution >= 4 is 0 Å². The van der Waals surface area contributed by atoms with Crippen LogP contribution >= 0.6 is 0 Å². The third-order valence-electron chi connectivity index (χ3n) is 2.60. The van der Waals surface area contributed by atoms with Gasteiger partial charge in [-0.05, 0) is 26.2 Å². The summed E-state index contributed by atoms with van der Waals surface area (Å²) < 4.78 is 0. The summed E-state index contributed by atoms with van der Waals surface area (Å²) in [6.45, 7) is 4.31. The maximum absolute atomic E-state index is 2.32. The average Bonchev–Trinajstić information content (AvgIpc) is 2.31. The van der Waals surface area contributed by atoms with Crippen molar-refractivity contribution in [1.82, 2.24) is 0 Å². The van der Waals surface area contributed by atoms with Gasteiger partial charge in [0.25, 0.3) is 0 Å². The van der Waals surface area contributed by atoms with Crippen LogP contribution in [0.5, 0.6) is 0 Å².